The number of hydrogen-bond acceptors (Lipinski definition) is 11. The average molecular weight is 1020 g/mol. The number of sulfonamides is 1. The fraction of sp³-hybridized carbons (Fsp3) is 0.700. The van der Waals surface area contributed by atoms with Crippen molar-refractivity contribution in [1.29, 1.82) is 0 Å². The number of anilines is 1. The third kappa shape index (κ3) is 22.0. The number of benzene rings is 2. The topological polar surface area (TPSA) is 225 Å². The second-order valence-corrected chi connectivity index (χ2v) is 23.1. The van der Waals surface area contributed by atoms with E-state index in [1.54, 1.807) is 24.3 Å². The van der Waals surface area contributed by atoms with E-state index >= 15 is 0 Å². The molecule has 2 aromatic carbocycles. The Morgan fingerprint density at radius 3 is 2.23 bits per heavy atom. The summed E-state index contributed by atoms with van der Waals surface area (Å²) in [5.74, 6) is 0.571. The Labute approximate surface area is 416 Å². The van der Waals surface area contributed by atoms with Crippen LogP contribution in [0.1, 0.15) is 148 Å². The Balaban J connectivity index is 1.15. The van der Waals surface area contributed by atoms with Crippen LogP contribution in [-0.2, 0) is 33.2 Å². The number of aliphatic hydroxyl groups excluding tert-OH is 1. The molecule has 7 N–H and O–H groups in total. The Bertz CT molecular complexity index is 2050. The number of fused-ring (bicyclic) bond motifs is 2. The van der Waals surface area contributed by atoms with E-state index in [1.807, 2.05) is 55.0 Å². The van der Waals surface area contributed by atoms with Gasteiger partial charge in [0.05, 0.1) is 42.3 Å². The minimum absolute atomic E-state index is 0.00161. The number of rotatable bonds is 38. The molecule has 0 aromatic heterocycles. The number of unbranched alkanes of at least 4 members (excludes halogenated alkanes) is 15. The summed E-state index contributed by atoms with van der Waals surface area (Å²) in [6.45, 7) is 2.15. The van der Waals surface area contributed by atoms with Crippen LogP contribution in [0.2, 0.25) is 0 Å². The zero-order chi connectivity index (χ0) is 49.9. The molecule has 0 spiro atoms. The van der Waals surface area contributed by atoms with Crippen LogP contribution in [0, 0.1) is 0 Å². The molecule has 0 radical (unpaired) electrons. The van der Waals surface area contributed by atoms with Gasteiger partial charge in [0.1, 0.15) is 0 Å². The van der Waals surface area contributed by atoms with Crippen LogP contribution in [-0.4, -0.2) is 112 Å². The lowest BCUT2D eigenvalue weighted by Gasteiger charge is -2.23. The Morgan fingerprint density at radius 2 is 1.49 bits per heavy atom. The van der Waals surface area contributed by atoms with Gasteiger partial charge >= 0.3 is 13.9 Å². The first-order chi connectivity index (χ1) is 33.2. The molecule has 2 heterocycles. The van der Waals surface area contributed by atoms with E-state index in [4.69, 9.17) is 9.05 Å². The van der Waals surface area contributed by atoms with Crippen LogP contribution >= 0.6 is 19.6 Å². The molecule has 69 heavy (non-hydrogen) atoms. The van der Waals surface area contributed by atoms with Gasteiger partial charge in [-0.25, -0.2) is 22.5 Å². The first-order valence-corrected chi connectivity index (χ1v) is 29.6. The van der Waals surface area contributed by atoms with Gasteiger partial charge in [-0.05, 0) is 63.5 Å². The first-order valence-electron chi connectivity index (χ1n) is 25.6. The first kappa shape index (κ1) is 58.4. The quantitative estimate of drug-likeness (QED) is 0.0145. The molecule has 6 atom stereocenters. The Hall–Kier alpha value is -3.22. The van der Waals surface area contributed by atoms with E-state index in [2.05, 4.69) is 32.9 Å². The summed E-state index contributed by atoms with van der Waals surface area (Å²) in [5.41, 5.74) is 0.897. The smallest absolute Gasteiger partial charge is 0.387 e. The standard InChI is InChI=1S/C50H83N6O10PS2/c1-4-5-6-7-8-9-10-11-12-13-14-15-17-29-44(57)41(53-48(59)33-18-16-21-34-51-47(58)32-20-19-30-45-49-42(38-68-45)54-50(60)55-49)37-66-67(61,62)65-36-23-22-35-52-69(63,64)46-31-25-26-39-40(46)27-24-28-43(39)56(2)3/h17,24-29,31,41-42,44-45,49,52,57H,4-16,18-23,30,32-38H2,1-3H3,(H,51,58)(H,53,59)(H,61,62)(H2,54,55,60)/b29-17+/t41-,42-,44+,45-,49-/m0/s1. The molecule has 0 aliphatic carbocycles. The lowest BCUT2D eigenvalue weighted by atomic mass is 10.0. The number of nitrogens with zero attached hydrogens (tertiary/aromatic N) is 1. The van der Waals surface area contributed by atoms with Crippen LogP contribution in [0.25, 0.3) is 10.8 Å². The van der Waals surface area contributed by atoms with Crippen molar-refractivity contribution in [2.75, 3.05) is 51.1 Å². The van der Waals surface area contributed by atoms with Gasteiger partial charge in [-0.2, -0.15) is 11.8 Å². The summed E-state index contributed by atoms with van der Waals surface area (Å²) in [6.07, 6.45) is 22.3. The summed E-state index contributed by atoms with van der Waals surface area (Å²) in [7, 11) is -4.66. The number of hydrogen-bond donors (Lipinski definition) is 7. The minimum atomic E-state index is -4.60. The van der Waals surface area contributed by atoms with Crippen molar-refractivity contribution in [3.8, 4) is 0 Å². The number of nitrogens with one attached hydrogen (secondary N) is 5. The Morgan fingerprint density at radius 1 is 0.841 bits per heavy atom. The molecule has 16 nitrogen and oxygen atoms in total. The van der Waals surface area contributed by atoms with Crippen molar-refractivity contribution in [1.82, 2.24) is 26.0 Å². The highest BCUT2D eigenvalue weighted by Crippen LogP contribution is 2.43. The summed E-state index contributed by atoms with van der Waals surface area (Å²) >= 11 is 1.87. The number of aliphatic hydroxyl groups is 1. The molecule has 2 aromatic rings. The lowest BCUT2D eigenvalue weighted by Crippen LogP contribution is -2.45. The predicted molar refractivity (Wildman–Crippen MR) is 278 cm³/mol. The van der Waals surface area contributed by atoms with Gasteiger partial charge in [0, 0.05) is 67.5 Å². The molecule has 2 aliphatic heterocycles. The summed E-state index contributed by atoms with van der Waals surface area (Å²) in [6, 6.07) is 9.92. The molecule has 1 unspecified atom stereocenters. The zero-order valence-corrected chi connectivity index (χ0v) is 44.0. The predicted octanol–water partition coefficient (Wildman–Crippen LogP) is 8.60. The third-order valence-electron chi connectivity index (χ3n) is 12.7. The number of phosphoric ester groups is 1. The molecule has 2 fully saturated rings. The maximum absolute atomic E-state index is 13.3. The lowest BCUT2D eigenvalue weighted by molar-refractivity contribution is -0.123. The van der Waals surface area contributed by atoms with Crippen LogP contribution in [0.5, 0.6) is 0 Å². The molecule has 2 saturated heterocycles. The molecule has 4 rings (SSSR count). The van der Waals surface area contributed by atoms with Crippen molar-refractivity contribution >= 4 is 63.9 Å². The van der Waals surface area contributed by atoms with Crippen molar-refractivity contribution in [3.63, 3.8) is 0 Å². The molecule has 19 heteroatoms. The maximum atomic E-state index is 13.3. The van der Waals surface area contributed by atoms with Crippen molar-refractivity contribution in [2.24, 2.45) is 0 Å². The van der Waals surface area contributed by atoms with E-state index in [-0.39, 0.29) is 60.8 Å². The van der Waals surface area contributed by atoms with Gasteiger partial charge in [0.25, 0.3) is 0 Å². The third-order valence-corrected chi connectivity index (χ3v) is 16.7. The number of amides is 4. The zero-order valence-electron chi connectivity index (χ0n) is 41.5. The molecule has 390 valence electrons. The summed E-state index contributed by atoms with van der Waals surface area (Å²) in [4.78, 5) is 49.7. The van der Waals surface area contributed by atoms with Crippen molar-refractivity contribution in [3.05, 3.63) is 48.6 Å². The van der Waals surface area contributed by atoms with Crippen LogP contribution < -0.4 is 30.9 Å². The fourth-order valence-corrected chi connectivity index (χ4v) is 12.4. The Kier molecular flexibility index (Phi) is 27.0. The van der Waals surface area contributed by atoms with Gasteiger partial charge in [0.2, 0.25) is 21.8 Å². The highest BCUT2D eigenvalue weighted by Gasteiger charge is 2.42. The second kappa shape index (κ2) is 32.0. The highest BCUT2D eigenvalue weighted by atomic mass is 32.2. The largest absolute Gasteiger partial charge is 0.472 e. The van der Waals surface area contributed by atoms with Gasteiger partial charge in [-0.15, -0.1) is 0 Å². The second-order valence-electron chi connectivity index (χ2n) is 18.7. The van der Waals surface area contributed by atoms with Gasteiger partial charge in [0.15, 0.2) is 0 Å². The number of carbonyl (C=O) groups is 3. The minimum Gasteiger partial charge on any atom is -0.387 e. The molecule has 0 bridgehead atoms. The van der Waals surface area contributed by atoms with E-state index in [9.17, 15) is 37.4 Å². The fourth-order valence-electron chi connectivity index (χ4n) is 8.77. The van der Waals surface area contributed by atoms with E-state index < -0.39 is 36.6 Å². The molecule has 0 saturated carbocycles. The maximum Gasteiger partial charge on any atom is 0.472 e. The van der Waals surface area contributed by atoms with Crippen LogP contribution in [0.15, 0.2) is 53.4 Å². The highest BCUT2D eigenvalue weighted by molar-refractivity contribution is 8.00. The van der Waals surface area contributed by atoms with E-state index in [1.165, 1.54) is 51.4 Å². The molecule has 2 aliphatic rings. The number of phosphoric acid groups is 1. The van der Waals surface area contributed by atoms with Gasteiger partial charge in [-0.3, -0.25) is 18.6 Å². The number of thioether (sulfide) groups is 1. The van der Waals surface area contributed by atoms with Crippen LogP contribution in [0.4, 0.5) is 10.5 Å². The SMILES string of the molecule is CCCCCCCCCCCCC/C=C/[C@@H](O)[C@H](COP(=O)(O)OCCCCNS(=O)(=O)c1cccc2c(N(C)C)cccc12)NC(=O)CCCCCNC(=O)CCCC[C@@H]1SC[C@@H]2NC(=O)N[C@@H]21. The van der Waals surface area contributed by atoms with Crippen molar-refractivity contribution in [2.45, 2.75) is 183 Å². The van der Waals surface area contributed by atoms with Crippen molar-refractivity contribution < 1.29 is 46.4 Å². The molecular weight excluding hydrogens is 940 g/mol. The van der Waals surface area contributed by atoms with E-state index in [0.29, 0.717) is 49.3 Å². The number of allylic oxidation sites excluding steroid dienone is 1. The van der Waals surface area contributed by atoms with Gasteiger partial charge < -0.3 is 36.2 Å². The average Bonchev–Trinajstić information content (AvgIpc) is 3.88. The number of urea groups is 1. The summed E-state index contributed by atoms with van der Waals surface area (Å²) in [5, 5.41) is 24.6. The molecule has 4 amide bonds. The van der Waals surface area contributed by atoms with Gasteiger partial charge in [-0.1, -0.05) is 120 Å². The number of carbonyl (C=O) groups excluding carboxylic acids is 3. The van der Waals surface area contributed by atoms with E-state index in [0.717, 1.165) is 61.8 Å². The molecular formula is C50H83N6O10PS2. The van der Waals surface area contributed by atoms with Crippen LogP contribution in [0.3, 0.4) is 0 Å². The summed E-state index contributed by atoms with van der Waals surface area (Å²) < 4.78 is 52.5. The monoisotopic (exact) mass is 1020 g/mol. The normalized spacial score (nSPS) is 18.7.